The van der Waals surface area contributed by atoms with Crippen LogP contribution in [0.2, 0.25) is 0 Å². The van der Waals surface area contributed by atoms with Gasteiger partial charge in [-0.15, -0.1) is 0 Å². The van der Waals surface area contributed by atoms with Gasteiger partial charge in [0.25, 0.3) is 0 Å². The predicted molar refractivity (Wildman–Crippen MR) is 119 cm³/mol. The molecule has 0 saturated carbocycles. The standard InChI is InChI=1S/C24H31N3O4/c1-16(2)13-22(26-17(3)28)24(30)27-21(23(25)29)14-18-9-11-20(12-10-18)31-15-19-7-5-4-6-8-19/h4-12,16,21-22H,13-15H2,1-3H3,(H2,25,29)(H,26,28)(H,27,30)/t21-,22+/m1/s1. The van der Waals surface area contributed by atoms with Crippen molar-refractivity contribution in [2.45, 2.75) is 52.3 Å². The van der Waals surface area contributed by atoms with Gasteiger partial charge in [-0.3, -0.25) is 14.4 Å². The molecule has 3 amide bonds. The van der Waals surface area contributed by atoms with Gasteiger partial charge in [0.2, 0.25) is 17.7 Å². The molecule has 0 radical (unpaired) electrons. The molecule has 0 unspecified atom stereocenters. The molecule has 0 saturated heterocycles. The van der Waals surface area contributed by atoms with Crippen LogP contribution in [-0.4, -0.2) is 29.8 Å². The van der Waals surface area contributed by atoms with Crippen LogP contribution >= 0.6 is 0 Å². The second-order valence-corrected chi connectivity index (χ2v) is 7.97. The molecule has 0 bridgehead atoms. The Morgan fingerprint density at radius 3 is 2.10 bits per heavy atom. The molecule has 166 valence electrons. The second-order valence-electron chi connectivity index (χ2n) is 7.97. The van der Waals surface area contributed by atoms with Gasteiger partial charge in [0.15, 0.2) is 0 Å². The molecule has 0 aliphatic rings. The molecule has 2 aromatic carbocycles. The normalized spacial score (nSPS) is 12.6. The molecular weight excluding hydrogens is 394 g/mol. The smallest absolute Gasteiger partial charge is 0.243 e. The van der Waals surface area contributed by atoms with Crippen molar-refractivity contribution in [1.29, 1.82) is 0 Å². The van der Waals surface area contributed by atoms with Crippen molar-refractivity contribution >= 4 is 17.7 Å². The van der Waals surface area contributed by atoms with E-state index < -0.39 is 23.9 Å². The molecule has 0 aliphatic carbocycles. The Bertz CT molecular complexity index is 866. The van der Waals surface area contributed by atoms with Crippen LogP contribution < -0.4 is 21.1 Å². The number of hydrogen-bond donors (Lipinski definition) is 3. The van der Waals surface area contributed by atoms with Crippen LogP contribution in [0.1, 0.15) is 38.3 Å². The molecule has 0 aromatic heterocycles. The average Bonchev–Trinajstić information content (AvgIpc) is 2.72. The lowest BCUT2D eigenvalue weighted by molar-refractivity contribution is -0.131. The van der Waals surface area contributed by atoms with Crippen LogP contribution in [0.15, 0.2) is 54.6 Å². The highest BCUT2D eigenvalue weighted by Crippen LogP contribution is 2.15. The van der Waals surface area contributed by atoms with E-state index in [4.69, 9.17) is 10.5 Å². The largest absolute Gasteiger partial charge is 0.489 e. The average molecular weight is 426 g/mol. The number of carbonyl (C=O) groups excluding carboxylic acids is 3. The molecule has 2 atom stereocenters. The zero-order valence-electron chi connectivity index (χ0n) is 18.3. The van der Waals surface area contributed by atoms with Gasteiger partial charge in [0.05, 0.1) is 0 Å². The van der Waals surface area contributed by atoms with Crippen LogP contribution in [0.25, 0.3) is 0 Å². The van der Waals surface area contributed by atoms with Gasteiger partial charge in [-0.2, -0.15) is 0 Å². The van der Waals surface area contributed by atoms with Gasteiger partial charge in [-0.25, -0.2) is 0 Å². The molecule has 4 N–H and O–H groups in total. The van der Waals surface area contributed by atoms with Gasteiger partial charge >= 0.3 is 0 Å². The number of hydrogen-bond acceptors (Lipinski definition) is 4. The van der Waals surface area contributed by atoms with Gasteiger partial charge in [0.1, 0.15) is 24.4 Å². The SMILES string of the molecule is CC(=O)N[C@@H](CC(C)C)C(=O)N[C@H](Cc1ccc(OCc2ccccc2)cc1)C(N)=O. The number of nitrogens with two attached hydrogens (primary N) is 1. The molecule has 0 aliphatic heterocycles. The first kappa shape index (κ1) is 23.9. The van der Waals surface area contributed by atoms with Crippen molar-refractivity contribution in [3.8, 4) is 5.75 Å². The zero-order chi connectivity index (χ0) is 22.8. The lowest BCUT2D eigenvalue weighted by Gasteiger charge is -2.22. The number of benzene rings is 2. The van der Waals surface area contributed by atoms with Gasteiger partial charge in [-0.1, -0.05) is 56.3 Å². The van der Waals surface area contributed by atoms with Gasteiger partial charge in [-0.05, 0) is 35.6 Å². The Morgan fingerprint density at radius 1 is 0.903 bits per heavy atom. The van der Waals surface area contributed by atoms with E-state index in [2.05, 4.69) is 10.6 Å². The zero-order valence-corrected chi connectivity index (χ0v) is 18.3. The lowest BCUT2D eigenvalue weighted by Crippen LogP contribution is -2.53. The van der Waals surface area contributed by atoms with E-state index in [1.165, 1.54) is 6.92 Å². The monoisotopic (exact) mass is 425 g/mol. The fourth-order valence-corrected chi connectivity index (χ4v) is 3.14. The highest BCUT2D eigenvalue weighted by Gasteiger charge is 2.25. The summed E-state index contributed by atoms with van der Waals surface area (Å²) in [6, 6.07) is 15.5. The summed E-state index contributed by atoms with van der Waals surface area (Å²) in [6.07, 6.45) is 0.707. The molecular formula is C24H31N3O4. The van der Waals surface area contributed by atoms with E-state index >= 15 is 0 Å². The minimum Gasteiger partial charge on any atom is -0.489 e. The van der Waals surface area contributed by atoms with E-state index in [1.807, 2.05) is 68.4 Å². The van der Waals surface area contributed by atoms with Crippen LogP contribution in [0.3, 0.4) is 0 Å². The van der Waals surface area contributed by atoms with Gasteiger partial charge in [0, 0.05) is 13.3 Å². The van der Waals surface area contributed by atoms with E-state index in [1.54, 1.807) is 0 Å². The van der Waals surface area contributed by atoms with Crippen molar-refractivity contribution in [3.63, 3.8) is 0 Å². The molecule has 7 heteroatoms. The summed E-state index contributed by atoms with van der Waals surface area (Å²) >= 11 is 0. The minimum atomic E-state index is -0.882. The van der Waals surface area contributed by atoms with Crippen LogP contribution in [0, 0.1) is 5.92 Å². The van der Waals surface area contributed by atoms with Gasteiger partial charge < -0.3 is 21.1 Å². The first-order chi connectivity index (χ1) is 14.7. The summed E-state index contributed by atoms with van der Waals surface area (Å²) < 4.78 is 5.77. The summed E-state index contributed by atoms with van der Waals surface area (Å²) in [5.74, 6) is -0.463. The Kier molecular flexibility index (Phi) is 9.06. The van der Waals surface area contributed by atoms with Crippen molar-refractivity contribution in [3.05, 3.63) is 65.7 Å². The minimum absolute atomic E-state index is 0.193. The van der Waals surface area contributed by atoms with E-state index in [9.17, 15) is 14.4 Å². The Balaban J connectivity index is 1.97. The maximum Gasteiger partial charge on any atom is 0.243 e. The summed E-state index contributed by atoms with van der Waals surface area (Å²) in [6.45, 7) is 5.72. The third-order valence-electron chi connectivity index (χ3n) is 4.67. The highest BCUT2D eigenvalue weighted by molar-refractivity contribution is 5.91. The number of ether oxygens (including phenoxy) is 1. The molecule has 0 fully saturated rings. The summed E-state index contributed by atoms with van der Waals surface area (Å²) in [5, 5.41) is 5.31. The topological polar surface area (TPSA) is 111 Å². The van der Waals surface area contributed by atoms with Crippen molar-refractivity contribution in [2.24, 2.45) is 11.7 Å². The first-order valence-corrected chi connectivity index (χ1v) is 10.4. The third-order valence-corrected chi connectivity index (χ3v) is 4.67. The van der Waals surface area contributed by atoms with Crippen LogP contribution in [-0.2, 0) is 27.4 Å². The fourth-order valence-electron chi connectivity index (χ4n) is 3.14. The molecule has 2 rings (SSSR count). The number of nitrogens with one attached hydrogen (secondary N) is 2. The van der Waals surface area contributed by atoms with Crippen molar-refractivity contribution in [1.82, 2.24) is 10.6 Å². The second kappa shape index (κ2) is 11.7. The molecule has 0 heterocycles. The molecule has 7 nitrogen and oxygen atoms in total. The van der Waals surface area contributed by atoms with Crippen molar-refractivity contribution in [2.75, 3.05) is 0 Å². The molecule has 31 heavy (non-hydrogen) atoms. The number of primary amides is 1. The fraction of sp³-hybridized carbons (Fsp3) is 0.375. The van der Waals surface area contributed by atoms with E-state index in [0.29, 0.717) is 18.8 Å². The van der Waals surface area contributed by atoms with E-state index in [-0.39, 0.29) is 18.2 Å². The summed E-state index contributed by atoms with van der Waals surface area (Å²) in [7, 11) is 0. The Labute approximate surface area is 183 Å². The lowest BCUT2D eigenvalue weighted by atomic mass is 10.0. The predicted octanol–water partition coefficient (Wildman–Crippen LogP) is 2.33. The molecule has 2 aromatic rings. The quantitative estimate of drug-likeness (QED) is 0.513. The number of rotatable bonds is 11. The van der Waals surface area contributed by atoms with Crippen LogP contribution in [0.4, 0.5) is 0 Å². The summed E-state index contributed by atoms with van der Waals surface area (Å²) in [5.41, 5.74) is 7.41. The van der Waals surface area contributed by atoms with E-state index in [0.717, 1.165) is 11.1 Å². The summed E-state index contributed by atoms with van der Waals surface area (Å²) in [4.78, 5) is 36.0. The number of amides is 3. The third kappa shape index (κ3) is 8.50. The maximum absolute atomic E-state index is 12.6. The Hall–Kier alpha value is -3.35. The highest BCUT2D eigenvalue weighted by atomic mass is 16.5. The first-order valence-electron chi connectivity index (χ1n) is 10.4. The molecule has 0 spiro atoms. The number of carbonyl (C=O) groups is 3. The van der Waals surface area contributed by atoms with Crippen molar-refractivity contribution < 1.29 is 19.1 Å². The maximum atomic E-state index is 12.6. The van der Waals surface area contributed by atoms with Crippen LogP contribution in [0.5, 0.6) is 5.75 Å². The Morgan fingerprint density at radius 2 is 1.55 bits per heavy atom.